The Morgan fingerprint density at radius 2 is 1.05 bits per heavy atom. The minimum atomic E-state index is -0.305. The number of nitrogens with one attached hydrogen (secondary N) is 4. The Labute approximate surface area is 499 Å². The molecule has 9 heterocycles. The van der Waals surface area contributed by atoms with Gasteiger partial charge in [-0.1, -0.05) is 27.2 Å². The molecule has 85 heavy (non-hydrogen) atoms. The minimum absolute atomic E-state index is 0. The molecule has 26 heteroatoms. The molecule has 1 saturated carbocycles. The molecule has 1 aliphatic carbocycles. The lowest BCUT2D eigenvalue weighted by Crippen LogP contribution is -2.46. The van der Waals surface area contributed by atoms with Gasteiger partial charge in [0.25, 0.3) is 17.4 Å². The zero-order valence-corrected chi connectivity index (χ0v) is 52.6. The van der Waals surface area contributed by atoms with Crippen molar-refractivity contribution in [3.8, 4) is 0 Å². The zero-order valence-electron chi connectivity index (χ0n) is 52.6. The highest BCUT2D eigenvalue weighted by Gasteiger charge is 2.29. The molecule has 6 aromatic rings. The van der Waals surface area contributed by atoms with Gasteiger partial charge in [0.15, 0.2) is 39.6 Å². The molecule has 2 amide bonds. The summed E-state index contributed by atoms with van der Waals surface area (Å²) in [7, 11) is 0. The highest BCUT2D eigenvalue weighted by atomic mass is 16.2. The van der Waals surface area contributed by atoms with E-state index in [4.69, 9.17) is 22.9 Å². The summed E-state index contributed by atoms with van der Waals surface area (Å²) in [6.07, 6.45) is 17.8. The van der Waals surface area contributed by atoms with E-state index < -0.39 is 0 Å². The highest BCUT2D eigenvalue weighted by molar-refractivity contribution is 5.95. The fourth-order valence-electron chi connectivity index (χ4n) is 8.10. The van der Waals surface area contributed by atoms with E-state index >= 15 is 0 Å². The number of carbonyl (C=O) groups is 2. The average Bonchev–Trinajstić information content (AvgIpc) is 3.05. The van der Waals surface area contributed by atoms with Crippen molar-refractivity contribution in [2.24, 2.45) is 10.7 Å². The normalized spacial score (nSPS) is 15.5. The lowest BCUT2D eigenvalue weighted by atomic mass is 10.1. The fourth-order valence-corrected chi connectivity index (χ4v) is 8.10. The molecular weight excluding hydrogens is 1080 g/mol. The average molecular weight is 1170 g/mol. The van der Waals surface area contributed by atoms with Crippen LogP contribution in [0, 0.1) is 0 Å². The van der Waals surface area contributed by atoms with Gasteiger partial charge in [-0.2, -0.15) is 15.0 Å². The second-order valence-electron chi connectivity index (χ2n) is 26.3. The van der Waals surface area contributed by atoms with Gasteiger partial charge in [-0.15, -0.1) is 0 Å². The molecule has 0 unspecified atom stereocenters. The number of rotatable bonds is 2. The Kier molecular flexibility index (Phi) is 20.8. The number of carbonyl (C=O) groups excluding carboxylic acids is 2. The van der Waals surface area contributed by atoms with Gasteiger partial charge in [0.05, 0.1) is 19.0 Å². The zero-order chi connectivity index (χ0) is 63.4. The molecule has 4 aliphatic rings. The van der Waals surface area contributed by atoms with E-state index in [1.165, 1.54) is 25.2 Å². The first-order valence-electron chi connectivity index (χ1n) is 27.4. The first-order chi connectivity index (χ1) is 38.5. The number of hydrogen-bond acceptors (Lipinski definition) is 20. The molecule has 0 radical (unpaired) electrons. The predicted molar refractivity (Wildman–Crippen MR) is 343 cm³/mol. The summed E-state index contributed by atoms with van der Waals surface area (Å²) in [4.78, 5) is 79.3. The Morgan fingerprint density at radius 3 is 1.54 bits per heavy atom. The van der Waals surface area contributed by atoms with E-state index in [2.05, 4.69) is 189 Å². The van der Waals surface area contributed by atoms with E-state index in [-0.39, 0.29) is 69.9 Å². The number of aliphatic imine (C=N–C) groups is 1. The van der Waals surface area contributed by atoms with Crippen LogP contribution in [0.4, 0.5) is 23.5 Å². The monoisotopic (exact) mass is 1170 g/mol. The standard InChI is InChI=1S/C12H18N6.C10H16N2O.C9H13N5O.C9H13N5.C9H15N3.C9H14N2O.CH4/c1-12(2,3)18-6-14-8-9(15-7-4-5-7)16-11(13)17-10(8)18;1-7-6-12(10(3,4)5)8(2)11-9(7)13;1-9(2,3)14-4-11-5-6(14)12-8(10)13-7(5)15;1-9(2,3)14-5-13-6-7(10)11-4-12-8(6)14;1-7-11-8(10)5-6-12(7)9(2,3)4;1-7-10-8(12)5-6-11(7)9(2,3)4;/h6-7H,4-5H2,1-3H3,(H3,13,15,16,17);6H,2H2,1,3-5H3,(H,11,13);4H,1-3H3,(H3,10,12,13,15);4-5H,1-3H3,(H2,10,11,12);5-6H,1H2,2-4H3,(H2,10,11);5-6H,1H2,2-4H3,(H,10,12);1H4. The van der Waals surface area contributed by atoms with Crippen molar-refractivity contribution in [2.45, 2.75) is 191 Å². The third kappa shape index (κ3) is 18.0. The minimum Gasteiger partial charge on any atom is -0.384 e. The number of amidine groups is 1. The van der Waals surface area contributed by atoms with Crippen LogP contribution in [0.3, 0.4) is 0 Å². The van der Waals surface area contributed by atoms with Crippen LogP contribution in [0.5, 0.6) is 0 Å². The number of nitrogen functional groups attached to an aromatic ring is 3. The second-order valence-corrected chi connectivity index (χ2v) is 26.3. The van der Waals surface area contributed by atoms with Crippen LogP contribution in [0.15, 0.2) is 109 Å². The quantitative estimate of drug-likeness (QED) is 0.0809. The van der Waals surface area contributed by atoms with Crippen molar-refractivity contribution >= 4 is 74.7 Å². The first kappa shape index (κ1) is 68.4. The molecule has 462 valence electrons. The smallest absolute Gasteiger partial charge is 0.280 e. The molecular formula is C59H93N23O3. The molecule has 0 aromatic carbocycles. The Morgan fingerprint density at radius 1 is 0.565 bits per heavy atom. The summed E-state index contributed by atoms with van der Waals surface area (Å²) < 4.78 is 5.84. The number of aromatic nitrogens is 12. The van der Waals surface area contributed by atoms with Gasteiger partial charge in [-0.25, -0.2) is 29.9 Å². The molecule has 1 fully saturated rings. The molecule has 0 bridgehead atoms. The van der Waals surface area contributed by atoms with Crippen LogP contribution in [0.25, 0.3) is 33.5 Å². The van der Waals surface area contributed by atoms with Gasteiger partial charge in [-0.3, -0.25) is 19.4 Å². The van der Waals surface area contributed by atoms with E-state index in [1.54, 1.807) is 38.2 Å². The molecule has 3 aliphatic heterocycles. The molecule has 12 N–H and O–H groups in total. The van der Waals surface area contributed by atoms with E-state index in [9.17, 15) is 14.4 Å². The number of imidazole rings is 3. The Balaban J connectivity index is 0.000000220. The maximum atomic E-state index is 11.5. The number of hydrogen-bond donors (Lipinski definition) is 8. The summed E-state index contributed by atoms with van der Waals surface area (Å²) in [5, 5.41) is 8.71. The van der Waals surface area contributed by atoms with Crippen LogP contribution in [0.2, 0.25) is 0 Å². The molecule has 10 rings (SSSR count). The summed E-state index contributed by atoms with van der Waals surface area (Å²) in [5.74, 6) is 3.89. The van der Waals surface area contributed by atoms with Gasteiger partial charge < -0.3 is 67.3 Å². The van der Waals surface area contributed by atoms with Crippen molar-refractivity contribution in [3.05, 3.63) is 109 Å². The number of nitrogens with zero attached hydrogens (tertiary/aromatic N) is 15. The van der Waals surface area contributed by atoms with E-state index in [0.29, 0.717) is 57.4 Å². The number of nitrogens with two attached hydrogens (primary N) is 4. The summed E-state index contributed by atoms with van der Waals surface area (Å²) in [6.45, 7) is 50.5. The topological polar surface area (TPSA) is 347 Å². The Bertz CT molecular complexity index is 3600. The number of fused-ring (bicyclic) bond motifs is 3. The van der Waals surface area contributed by atoms with Gasteiger partial charge >= 0.3 is 0 Å². The van der Waals surface area contributed by atoms with Crippen molar-refractivity contribution in [1.82, 2.24) is 83.9 Å². The van der Waals surface area contributed by atoms with Gasteiger partial charge in [0.2, 0.25) is 11.9 Å². The van der Waals surface area contributed by atoms with Crippen LogP contribution in [-0.2, 0) is 26.2 Å². The van der Waals surface area contributed by atoms with Crippen LogP contribution < -0.4 is 44.4 Å². The van der Waals surface area contributed by atoms with Crippen molar-refractivity contribution in [1.29, 1.82) is 0 Å². The predicted octanol–water partition coefficient (Wildman–Crippen LogP) is 8.23. The largest absolute Gasteiger partial charge is 0.384 e. The van der Waals surface area contributed by atoms with Gasteiger partial charge in [0.1, 0.15) is 35.1 Å². The fraction of sp³-hybridized carbons (Fsp3) is 0.492. The van der Waals surface area contributed by atoms with Crippen LogP contribution in [-0.4, -0.2) is 114 Å². The third-order valence-electron chi connectivity index (χ3n) is 12.5. The Hall–Kier alpha value is -9.10. The molecule has 26 nitrogen and oxygen atoms in total. The molecule has 0 atom stereocenters. The summed E-state index contributed by atoms with van der Waals surface area (Å²) in [5.41, 5.74) is 26.4. The number of aromatic amines is 1. The maximum Gasteiger partial charge on any atom is 0.280 e. The first-order valence-corrected chi connectivity index (χ1v) is 27.4. The lowest BCUT2D eigenvalue weighted by molar-refractivity contribution is -0.118. The lowest BCUT2D eigenvalue weighted by Gasteiger charge is -2.38. The number of amides is 2. The van der Waals surface area contributed by atoms with E-state index in [1.807, 2.05) is 61.6 Å². The SMILES string of the molecule is C.C=C1N=C(N)C=CN1C(C)(C)C.C=C1NC(=O)C(C)=CN1C(C)(C)C.C=C1NC(=O)C=CN1C(C)(C)C.CC(C)(C)n1cnc2c(=O)[nH]c(N)nc21.CC(C)(C)n1cnc2c(N)ncnc21.CC(C)(C)n1cnc2c(NC3CC3)nc(N)nc21. The summed E-state index contributed by atoms with van der Waals surface area (Å²) >= 11 is 0. The van der Waals surface area contributed by atoms with Gasteiger partial charge in [-0.05, 0) is 150 Å². The number of anilines is 4. The van der Waals surface area contributed by atoms with Crippen molar-refractivity contribution in [2.75, 3.05) is 22.5 Å². The summed E-state index contributed by atoms with van der Waals surface area (Å²) in [6, 6.07) is 0.516. The van der Waals surface area contributed by atoms with Crippen molar-refractivity contribution < 1.29 is 9.59 Å². The molecule has 0 spiro atoms. The third-order valence-corrected chi connectivity index (χ3v) is 12.5. The van der Waals surface area contributed by atoms with Gasteiger partial charge in [0, 0.05) is 69.5 Å². The second kappa shape index (κ2) is 25.8. The van der Waals surface area contributed by atoms with Crippen molar-refractivity contribution in [3.63, 3.8) is 0 Å². The maximum absolute atomic E-state index is 11.5. The van der Waals surface area contributed by atoms with Crippen LogP contribution >= 0.6 is 0 Å². The molecule has 0 saturated heterocycles. The van der Waals surface area contributed by atoms with Crippen LogP contribution in [0.1, 0.15) is 152 Å². The van der Waals surface area contributed by atoms with E-state index in [0.717, 1.165) is 22.6 Å². The highest BCUT2D eigenvalue weighted by Crippen LogP contribution is 2.30. The molecule has 6 aromatic heterocycles. The number of H-pyrrole nitrogens is 1.